The second-order valence-electron chi connectivity index (χ2n) is 6.41. The lowest BCUT2D eigenvalue weighted by molar-refractivity contribution is -0.120. The normalized spacial score (nSPS) is 10.5. The molecule has 0 aliphatic heterocycles. The summed E-state index contributed by atoms with van der Waals surface area (Å²) in [6.45, 7) is 0.0564. The SMILES string of the molecule is O=C(CNC(=O)c1nc(-c2ccccc2)n(-c2ccccc2)n1)NCc1ccco1. The van der Waals surface area contributed by atoms with E-state index in [1.165, 1.54) is 6.26 Å². The zero-order valence-electron chi connectivity index (χ0n) is 16.0. The Bertz CT molecular complexity index is 1070. The van der Waals surface area contributed by atoms with E-state index >= 15 is 0 Å². The molecule has 0 radical (unpaired) electrons. The lowest BCUT2D eigenvalue weighted by Gasteiger charge is -2.05. The van der Waals surface area contributed by atoms with Gasteiger partial charge in [0, 0.05) is 5.56 Å². The number of para-hydroxylation sites is 1. The van der Waals surface area contributed by atoms with Crippen molar-refractivity contribution in [3.05, 3.63) is 90.6 Å². The molecule has 0 unspecified atom stereocenters. The lowest BCUT2D eigenvalue weighted by atomic mass is 10.2. The van der Waals surface area contributed by atoms with Crippen LogP contribution in [0.25, 0.3) is 17.1 Å². The summed E-state index contributed by atoms with van der Waals surface area (Å²) in [5, 5.41) is 9.59. The average Bonchev–Trinajstić information content (AvgIpc) is 3.47. The van der Waals surface area contributed by atoms with E-state index < -0.39 is 5.91 Å². The molecule has 0 aliphatic rings. The van der Waals surface area contributed by atoms with Gasteiger partial charge in [-0.25, -0.2) is 9.67 Å². The highest BCUT2D eigenvalue weighted by atomic mass is 16.3. The zero-order valence-corrected chi connectivity index (χ0v) is 16.0. The Kier molecular flexibility index (Phi) is 5.66. The molecule has 8 heteroatoms. The average molecular weight is 401 g/mol. The molecule has 0 spiro atoms. The molecule has 30 heavy (non-hydrogen) atoms. The predicted octanol–water partition coefficient (Wildman–Crippen LogP) is 2.57. The van der Waals surface area contributed by atoms with E-state index in [2.05, 4.69) is 20.7 Å². The van der Waals surface area contributed by atoms with Gasteiger partial charge in [0.05, 0.1) is 25.0 Å². The first-order valence-corrected chi connectivity index (χ1v) is 9.36. The van der Waals surface area contributed by atoms with Crippen molar-refractivity contribution in [1.29, 1.82) is 0 Å². The molecule has 2 heterocycles. The third-order valence-corrected chi connectivity index (χ3v) is 4.29. The monoisotopic (exact) mass is 401 g/mol. The number of nitrogens with zero attached hydrogens (tertiary/aromatic N) is 3. The van der Waals surface area contributed by atoms with Crippen molar-refractivity contribution in [2.24, 2.45) is 0 Å². The Hall–Kier alpha value is -4.20. The molecule has 0 bridgehead atoms. The van der Waals surface area contributed by atoms with Gasteiger partial charge in [-0.1, -0.05) is 48.5 Å². The Morgan fingerprint density at radius 2 is 1.63 bits per heavy atom. The number of aromatic nitrogens is 3. The van der Waals surface area contributed by atoms with E-state index in [-0.39, 0.29) is 24.8 Å². The van der Waals surface area contributed by atoms with Crippen molar-refractivity contribution >= 4 is 11.8 Å². The Morgan fingerprint density at radius 3 is 2.33 bits per heavy atom. The molecule has 2 aromatic carbocycles. The van der Waals surface area contributed by atoms with Gasteiger partial charge in [-0.15, -0.1) is 5.10 Å². The molecule has 4 aromatic rings. The fraction of sp³-hybridized carbons (Fsp3) is 0.0909. The van der Waals surface area contributed by atoms with Gasteiger partial charge in [-0.05, 0) is 24.3 Å². The number of carbonyl (C=O) groups is 2. The van der Waals surface area contributed by atoms with E-state index in [0.29, 0.717) is 11.6 Å². The number of rotatable bonds is 7. The van der Waals surface area contributed by atoms with E-state index in [0.717, 1.165) is 11.3 Å². The summed E-state index contributed by atoms with van der Waals surface area (Å²) in [4.78, 5) is 29.0. The summed E-state index contributed by atoms with van der Waals surface area (Å²) < 4.78 is 6.77. The maximum atomic E-state index is 12.6. The first-order valence-electron chi connectivity index (χ1n) is 9.36. The number of amides is 2. The molecule has 150 valence electrons. The van der Waals surface area contributed by atoms with Crippen LogP contribution in [-0.2, 0) is 11.3 Å². The molecular weight excluding hydrogens is 382 g/mol. The minimum absolute atomic E-state index is 0.0171. The van der Waals surface area contributed by atoms with Crippen LogP contribution in [0.2, 0.25) is 0 Å². The third kappa shape index (κ3) is 4.44. The second-order valence-corrected chi connectivity index (χ2v) is 6.41. The number of furan rings is 1. The fourth-order valence-electron chi connectivity index (χ4n) is 2.83. The largest absolute Gasteiger partial charge is 0.467 e. The van der Waals surface area contributed by atoms with Gasteiger partial charge in [-0.2, -0.15) is 0 Å². The molecule has 0 saturated heterocycles. The molecule has 4 rings (SSSR count). The third-order valence-electron chi connectivity index (χ3n) is 4.29. The number of carbonyl (C=O) groups excluding carboxylic acids is 2. The number of hydrogen-bond acceptors (Lipinski definition) is 5. The summed E-state index contributed by atoms with van der Waals surface area (Å²) in [7, 11) is 0. The van der Waals surface area contributed by atoms with Crippen molar-refractivity contribution in [3.63, 3.8) is 0 Å². The molecule has 2 amide bonds. The standard InChI is InChI=1S/C22H19N5O3/c28-19(23-14-18-12-7-13-30-18)15-24-22(29)20-25-21(16-8-3-1-4-9-16)27(26-20)17-10-5-2-6-11-17/h1-13H,14-15H2,(H,23,28)(H,24,29). The van der Waals surface area contributed by atoms with Gasteiger partial charge in [0.15, 0.2) is 5.82 Å². The minimum atomic E-state index is -0.532. The predicted molar refractivity (Wildman–Crippen MR) is 110 cm³/mol. The summed E-state index contributed by atoms with van der Waals surface area (Å²) in [6, 6.07) is 22.4. The van der Waals surface area contributed by atoms with Gasteiger partial charge in [-0.3, -0.25) is 9.59 Å². The van der Waals surface area contributed by atoms with Crippen molar-refractivity contribution in [2.75, 3.05) is 6.54 Å². The van der Waals surface area contributed by atoms with Crippen LogP contribution in [0, 0.1) is 0 Å². The second kappa shape index (κ2) is 8.87. The van der Waals surface area contributed by atoms with Crippen LogP contribution in [0.5, 0.6) is 0 Å². The highest BCUT2D eigenvalue weighted by Crippen LogP contribution is 2.20. The Morgan fingerprint density at radius 1 is 0.900 bits per heavy atom. The summed E-state index contributed by atoms with van der Waals surface area (Å²) in [5.41, 5.74) is 1.60. The summed E-state index contributed by atoms with van der Waals surface area (Å²) in [6.07, 6.45) is 1.53. The van der Waals surface area contributed by atoms with Gasteiger partial charge >= 0.3 is 0 Å². The van der Waals surface area contributed by atoms with Crippen LogP contribution in [-0.4, -0.2) is 33.1 Å². The molecule has 0 saturated carbocycles. The van der Waals surface area contributed by atoms with Crippen molar-refractivity contribution in [2.45, 2.75) is 6.54 Å². The maximum absolute atomic E-state index is 12.6. The smallest absolute Gasteiger partial charge is 0.291 e. The number of benzene rings is 2. The minimum Gasteiger partial charge on any atom is -0.467 e. The van der Waals surface area contributed by atoms with Crippen LogP contribution in [0.4, 0.5) is 0 Å². The van der Waals surface area contributed by atoms with Gasteiger partial charge in [0.2, 0.25) is 11.7 Å². The van der Waals surface area contributed by atoms with E-state index in [4.69, 9.17) is 4.42 Å². The maximum Gasteiger partial charge on any atom is 0.291 e. The van der Waals surface area contributed by atoms with Crippen LogP contribution in [0.3, 0.4) is 0 Å². The summed E-state index contributed by atoms with van der Waals surface area (Å²) in [5.74, 6) is 0.275. The van der Waals surface area contributed by atoms with Crippen molar-refractivity contribution < 1.29 is 14.0 Å². The highest BCUT2D eigenvalue weighted by Gasteiger charge is 2.19. The van der Waals surface area contributed by atoms with Crippen LogP contribution in [0.1, 0.15) is 16.4 Å². The van der Waals surface area contributed by atoms with Crippen LogP contribution in [0.15, 0.2) is 83.5 Å². The fourth-order valence-corrected chi connectivity index (χ4v) is 2.83. The van der Waals surface area contributed by atoms with Crippen molar-refractivity contribution in [1.82, 2.24) is 25.4 Å². The molecule has 0 fully saturated rings. The van der Waals surface area contributed by atoms with Crippen molar-refractivity contribution in [3.8, 4) is 17.1 Å². The quantitative estimate of drug-likeness (QED) is 0.496. The first kappa shape index (κ1) is 19.1. The Balaban J connectivity index is 1.49. The molecule has 8 nitrogen and oxygen atoms in total. The zero-order chi connectivity index (χ0) is 20.8. The van der Waals surface area contributed by atoms with Gasteiger partial charge in [0.25, 0.3) is 5.91 Å². The van der Waals surface area contributed by atoms with E-state index in [9.17, 15) is 9.59 Å². The molecule has 0 aliphatic carbocycles. The van der Waals surface area contributed by atoms with Crippen LogP contribution >= 0.6 is 0 Å². The van der Waals surface area contributed by atoms with E-state index in [1.807, 2.05) is 60.7 Å². The summed E-state index contributed by atoms with van der Waals surface area (Å²) >= 11 is 0. The van der Waals surface area contributed by atoms with E-state index in [1.54, 1.807) is 16.8 Å². The number of hydrogen-bond donors (Lipinski definition) is 2. The lowest BCUT2D eigenvalue weighted by Crippen LogP contribution is -2.37. The van der Waals surface area contributed by atoms with Gasteiger partial charge < -0.3 is 15.1 Å². The van der Waals surface area contributed by atoms with Crippen LogP contribution < -0.4 is 10.6 Å². The molecule has 0 atom stereocenters. The van der Waals surface area contributed by atoms with Gasteiger partial charge in [0.1, 0.15) is 5.76 Å². The highest BCUT2D eigenvalue weighted by molar-refractivity contribution is 5.93. The topological polar surface area (TPSA) is 102 Å². The number of nitrogens with one attached hydrogen (secondary N) is 2. The first-order chi connectivity index (χ1) is 14.7. The molecule has 2 aromatic heterocycles. The molecular formula is C22H19N5O3. The molecule has 2 N–H and O–H groups in total. The Labute approximate surface area is 172 Å².